The molecule has 29 heavy (non-hydrogen) atoms. The highest BCUT2D eigenvalue weighted by Crippen LogP contribution is 2.36. The van der Waals surface area contributed by atoms with Crippen molar-refractivity contribution in [1.82, 2.24) is 9.21 Å². The molecule has 4 rings (SSSR count). The summed E-state index contributed by atoms with van der Waals surface area (Å²) in [5, 5.41) is 2.56. The van der Waals surface area contributed by atoms with Crippen molar-refractivity contribution < 1.29 is 13.2 Å². The van der Waals surface area contributed by atoms with Crippen molar-refractivity contribution in [2.45, 2.75) is 37.1 Å². The molecule has 1 aromatic carbocycles. The highest BCUT2D eigenvalue weighted by atomic mass is 35.5. The Morgan fingerprint density at radius 2 is 1.86 bits per heavy atom. The smallest absolute Gasteiger partial charge is 0.244 e. The molecule has 2 aromatic rings. The Morgan fingerprint density at radius 1 is 1.14 bits per heavy atom. The average Bonchev–Trinajstić information content (AvgIpc) is 3.19. The number of piperidine rings is 1. The van der Waals surface area contributed by atoms with Gasteiger partial charge in [0.2, 0.25) is 15.9 Å². The number of halogens is 2. The van der Waals surface area contributed by atoms with Gasteiger partial charge in [0, 0.05) is 35.5 Å². The van der Waals surface area contributed by atoms with E-state index in [-0.39, 0.29) is 27.8 Å². The molecule has 1 atom stereocenters. The molecule has 1 saturated heterocycles. The number of nitrogens with zero attached hydrogens (tertiary/aromatic N) is 2. The summed E-state index contributed by atoms with van der Waals surface area (Å²) >= 11 is 13.8. The third-order valence-corrected chi connectivity index (χ3v) is 9.49. The lowest BCUT2D eigenvalue weighted by Crippen LogP contribution is -2.46. The maximum atomic E-state index is 13.1. The highest BCUT2D eigenvalue weighted by molar-refractivity contribution is 7.89. The predicted octanol–water partition coefficient (Wildman–Crippen LogP) is 4.60. The molecule has 1 aromatic heterocycles. The Kier molecular flexibility index (Phi) is 5.97. The summed E-state index contributed by atoms with van der Waals surface area (Å²) < 4.78 is 27.4. The quantitative estimate of drug-likeness (QED) is 0.655. The van der Waals surface area contributed by atoms with Crippen LogP contribution in [0.3, 0.4) is 0 Å². The first kappa shape index (κ1) is 21.1. The highest BCUT2D eigenvalue weighted by Gasteiger charge is 2.37. The molecule has 0 spiro atoms. The lowest BCUT2D eigenvalue weighted by atomic mass is 9.93. The largest absolute Gasteiger partial charge is 0.335 e. The second-order valence-electron chi connectivity index (χ2n) is 7.51. The van der Waals surface area contributed by atoms with Crippen molar-refractivity contribution in [2.24, 2.45) is 5.92 Å². The van der Waals surface area contributed by atoms with Gasteiger partial charge in [-0.15, -0.1) is 11.3 Å². The van der Waals surface area contributed by atoms with Gasteiger partial charge in [0.25, 0.3) is 0 Å². The summed E-state index contributed by atoms with van der Waals surface area (Å²) in [5.41, 5.74) is 1.24. The van der Waals surface area contributed by atoms with Crippen LogP contribution in [0.25, 0.3) is 0 Å². The van der Waals surface area contributed by atoms with Crippen LogP contribution in [-0.2, 0) is 21.2 Å². The number of fused-ring (bicyclic) bond motifs is 1. The summed E-state index contributed by atoms with van der Waals surface area (Å²) in [6.45, 7) is 3.40. The number of hydrogen-bond acceptors (Lipinski definition) is 4. The third-order valence-electron chi connectivity index (χ3n) is 5.87. The lowest BCUT2D eigenvalue weighted by Gasteiger charge is -2.38. The van der Waals surface area contributed by atoms with E-state index in [1.54, 1.807) is 17.4 Å². The van der Waals surface area contributed by atoms with Gasteiger partial charge >= 0.3 is 0 Å². The summed E-state index contributed by atoms with van der Waals surface area (Å²) in [4.78, 5) is 16.5. The number of sulfonamides is 1. The number of thiophene rings is 1. The van der Waals surface area contributed by atoms with Gasteiger partial charge in [-0.2, -0.15) is 4.31 Å². The number of carbonyl (C=O) groups is 1. The van der Waals surface area contributed by atoms with Crippen molar-refractivity contribution in [3.05, 3.63) is 50.1 Å². The Bertz CT molecular complexity index is 1030. The average molecular weight is 473 g/mol. The molecule has 1 fully saturated rings. The zero-order valence-corrected chi connectivity index (χ0v) is 19.1. The normalized spacial score (nSPS) is 21.2. The fourth-order valence-electron chi connectivity index (χ4n) is 4.20. The van der Waals surface area contributed by atoms with E-state index in [4.69, 9.17) is 23.2 Å². The van der Waals surface area contributed by atoms with Crippen LogP contribution >= 0.6 is 34.5 Å². The zero-order valence-electron chi connectivity index (χ0n) is 16.0. The van der Waals surface area contributed by atoms with E-state index < -0.39 is 10.0 Å². The van der Waals surface area contributed by atoms with Crippen molar-refractivity contribution >= 4 is 50.5 Å². The Labute approximate surface area is 185 Å². The van der Waals surface area contributed by atoms with E-state index in [9.17, 15) is 13.2 Å². The van der Waals surface area contributed by atoms with Gasteiger partial charge in [-0.3, -0.25) is 4.79 Å². The first-order valence-corrected chi connectivity index (χ1v) is 12.7. The van der Waals surface area contributed by atoms with E-state index in [2.05, 4.69) is 18.4 Å². The van der Waals surface area contributed by atoms with Crippen molar-refractivity contribution in [3.8, 4) is 0 Å². The Hall–Kier alpha value is -1.12. The van der Waals surface area contributed by atoms with E-state index in [0.29, 0.717) is 31.0 Å². The lowest BCUT2D eigenvalue weighted by molar-refractivity contribution is -0.139. The molecule has 9 heteroatoms. The minimum atomic E-state index is -3.74. The van der Waals surface area contributed by atoms with Crippen molar-refractivity contribution in [1.29, 1.82) is 0 Å². The van der Waals surface area contributed by atoms with Gasteiger partial charge in [0.1, 0.15) is 4.90 Å². The van der Waals surface area contributed by atoms with E-state index >= 15 is 0 Å². The molecule has 3 heterocycles. The minimum Gasteiger partial charge on any atom is -0.335 e. The fourth-order valence-corrected chi connectivity index (χ4v) is 7.37. The molecule has 0 bridgehead atoms. The second-order valence-corrected chi connectivity index (χ2v) is 11.3. The first-order chi connectivity index (χ1) is 13.8. The fraction of sp³-hybridized carbons (Fsp3) is 0.450. The monoisotopic (exact) mass is 472 g/mol. The summed E-state index contributed by atoms with van der Waals surface area (Å²) in [6, 6.07) is 6.61. The molecule has 0 radical (unpaired) electrons. The number of hydrogen-bond donors (Lipinski definition) is 0. The molecule has 0 N–H and O–H groups in total. The van der Waals surface area contributed by atoms with Crippen LogP contribution in [0.15, 0.2) is 34.5 Å². The van der Waals surface area contributed by atoms with Crippen molar-refractivity contribution in [3.63, 3.8) is 0 Å². The van der Waals surface area contributed by atoms with Crippen LogP contribution in [0.2, 0.25) is 10.0 Å². The summed E-state index contributed by atoms with van der Waals surface area (Å²) in [6.07, 6.45) is 1.91. The number of rotatable bonds is 3. The van der Waals surface area contributed by atoms with Crippen LogP contribution in [0.1, 0.15) is 36.2 Å². The summed E-state index contributed by atoms with van der Waals surface area (Å²) in [7, 11) is -3.74. The van der Waals surface area contributed by atoms with Crippen LogP contribution in [-0.4, -0.2) is 43.2 Å². The molecule has 156 valence electrons. The van der Waals surface area contributed by atoms with E-state index in [1.807, 2.05) is 4.90 Å². The standard InChI is InChI=1S/C20H22Cl2N2O3S2/c1-13-16-7-11-28-18(16)6-10-24(13)20(25)14-4-8-23(9-5-14)29(26,27)19-12-15(21)2-3-17(19)22/h2-3,7,11-14H,4-6,8-10H2,1H3. The number of carbonyl (C=O) groups excluding carboxylic acids is 1. The van der Waals surface area contributed by atoms with Crippen LogP contribution in [0, 0.1) is 5.92 Å². The molecule has 1 amide bonds. The molecule has 5 nitrogen and oxygen atoms in total. The van der Waals surface area contributed by atoms with Crippen molar-refractivity contribution in [2.75, 3.05) is 19.6 Å². The SMILES string of the molecule is CC1c2ccsc2CCN1C(=O)C1CCN(S(=O)(=O)c2cc(Cl)ccc2Cl)CC1. The molecule has 0 saturated carbocycles. The summed E-state index contributed by atoms with van der Waals surface area (Å²) in [5.74, 6) is -0.0221. The number of benzene rings is 1. The maximum absolute atomic E-state index is 13.1. The van der Waals surface area contributed by atoms with Gasteiger partial charge in [0.15, 0.2) is 0 Å². The maximum Gasteiger partial charge on any atom is 0.244 e. The van der Waals surface area contributed by atoms with E-state index in [1.165, 1.54) is 26.9 Å². The van der Waals surface area contributed by atoms with Crippen LogP contribution in [0.5, 0.6) is 0 Å². The minimum absolute atomic E-state index is 0.0195. The molecule has 2 aliphatic heterocycles. The molecule has 1 unspecified atom stereocenters. The Morgan fingerprint density at radius 3 is 2.59 bits per heavy atom. The van der Waals surface area contributed by atoms with Gasteiger partial charge < -0.3 is 4.90 Å². The first-order valence-electron chi connectivity index (χ1n) is 9.61. The Balaban J connectivity index is 1.44. The van der Waals surface area contributed by atoms with Gasteiger partial charge in [-0.1, -0.05) is 23.2 Å². The second kappa shape index (κ2) is 8.19. The van der Waals surface area contributed by atoms with E-state index in [0.717, 1.165) is 13.0 Å². The zero-order chi connectivity index (χ0) is 20.8. The predicted molar refractivity (Wildman–Crippen MR) is 116 cm³/mol. The van der Waals surface area contributed by atoms with Crippen LogP contribution in [0.4, 0.5) is 0 Å². The van der Waals surface area contributed by atoms with Gasteiger partial charge in [-0.05, 0) is 61.4 Å². The molecule has 2 aliphatic rings. The molecular formula is C20H22Cl2N2O3S2. The molecule has 0 aliphatic carbocycles. The van der Waals surface area contributed by atoms with Gasteiger partial charge in [0.05, 0.1) is 11.1 Å². The van der Waals surface area contributed by atoms with Crippen LogP contribution < -0.4 is 0 Å². The van der Waals surface area contributed by atoms with Gasteiger partial charge in [-0.25, -0.2) is 8.42 Å². The third kappa shape index (κ3) is 3.95. The number of amides is 1. The topological polar surface area (TPSA) is 57.7 Å². The molecular weight excluding hydrogens is 451 g/mol.